The first-order chi connectivity index (χ1) is 7.74. The molecule has 0 saturated carbocycles. The molecule has 3 rings (SSSR count). The van der Waals surface area contributed by atoms with E-state index in [1.54, 1.807) is 12.1 Å². The Kier molecular flexibility index (Phi) is 2.52. The summed E-state index contributed by atoms with van der Waals surface area (Å²) in [5.74, 6) is 1.05. The molecule has 1 aromatic heterocycles. The summed E-state index contributed by atoms with van der Waals surface area (Å²) in [6.45, 7) is 2.75. The van der Waals surface area contributed by atoms with Gasteiger partial charge in [0.1, 0.15) is 0 Å². The van der Waals surface area contributed by atoms with Crippen LogP contribution >= 0.6 is 15.9 Å². The highest BCUT2D eigenvalue weighted by Gasteiger charge is 2.38. The minimum absolute atomic E-state index is 0.00176. The lowest BCUT2D eigenvalue weighted by Crippen LogP contribution is -2.33. The molecular formula is C11H13BrN2O2. The third-order valence-electron chi connectivity index (χ3n) is 3.43. The Bertz CT molecular complexity index is 406. The molecule has 0 aromatic carbocycles. The maximum absolute atomic E-state index is 12.1. The van der Waals surface area contributed by atoms with Gasteiger partial charge in [0.15, 0.2) is 10.4 Å². The van der Waals surface area contributed by atoms with Crippen LogP contribution in [0.25, 0.3) is 0 Å². The monoisotopic (exact) mass is 284 g/mol. The van der Waals surface area contributed by atoms with E-state index >= 15 is 0 Å². The maximum atomic E-state index is 12.1. The zero-order valence-electron chi connectivity index (χ0n) is 8.78. The highest BCUT2D eigenvalue weighted by atomic mass is 79.9. The minimum Gasteiger partial charge on any atom is -0.444 e. The molecule has 2 aliphatic heterocycles. The van der Waals surface area contributed by atoms with Gasteiger partial charge in [-0.15, -0.1) is 0 Å². The maximum Gasteiger partial charge on any atom is 0.289 e. The molecule has 2 atom stereocenters. The molecule has 1 aromatic rings. The van der Waals surface area contributed by atoms with Gasteiger partial charge in [-0.25, -0.2) is 0 Å². The number of nitrogens with one attached hydrogen (secondary N) is 1. The Morgan fingerprint density at radius 2 is 2.38 bits per heavy atom. The fourth-order valence-electron chi connectivity index (χ4n) is 2.60. The molecule has 2 unspecified atom stereocenters. The van der Waals surface area contributed by atoms with Crippen molar-refractivity contribution in [1.29, 1.82) is 0 Å². The van der Waals surface area contributed by atoms with Crippen LogP contribution in [-0.2, 0) is 0 Å². The van der Waals surface area contributed by atoms with Crippen molar-refractivity contribution in [2.75, 3.05) is 19.6 Å². The van der Waals surface area contributed by atoms with Crippen molar-refractivity contribution in [2.24, 2.45) is 5.92 Å². The van der Waals surface area contributed by atoms with E-state index in [1.165, 1.54) is 6.42 Å². The number of furan rings is 1. The third-order valence-corrected chi connectivity index (χ3v) is 3.86. The van der Waals surface area contributed by atoms with Gasteiger partial charge in [0.2, 0.25) is 0 Å². The molecule has 4 nitrogen and oxygen atoms in total. The molecule has 5 heteroatoms. The lowest BCUT2D eigenvalue weighted by atomic mass is 10.1. The number of amides is 1. The SMILES string of the molecule is O=C(c1ccc(Br)o1)N1CC2CCNC2C1. The van der Waals surface area contributed by atoms with Crippen LogP contribution in [0.4, 0.5) is 0 Å². The van der Waals surface area contributed by atoms with Gasteiger partial charge in [-0.2, -0.15) is 0 Å². The molecule has 16 heavy (non-hydrogen) atoms. The number of carbonyl (C=O) groups is 1. The lowest BCUT2D eigenvalue weighted by Gasteiger charge is -2.15. The zero-order valence-corrected chi connectivity index (χ0v) is 10.4. The summed E-state index contributed by atoms with van der Waals surface area (Å²) < 4.78 is 5.89. The number of fused-ring (bicyclic) bond motifs is 1. The van der Waals surface area contributed by atoms with E-state index in [0.717, 1.165) is 19.6 Å². The Balaban J connectivity index is 1.73. The van der Waals surface area contributed by atoms with E-state index in [4.69, 9.17) is 4.42 Å². The standard InChI is InChI=1S/C11H13BrN2O2/c12-10-2-1-9(16-10)11(15)14-5-7-3-4-13-8(7)6-14/h1-2,7-8,13H,3-6H2. The Morgan fingerprint density at radius 1 is 1.50 bits per heavy atom. The summed E-state index contributed by atoms with van der Waals surface area (Å²) in [6.07, 6.45) is 1.18. The van der Waals surface area contributed by atoms with E-state index < -0.39 is 0 Å². The molecule has 86 valence electrons. The van der Waals surface area contributed by atoms with E-state index in [0.29, 0.717) is 22.4 Å². The van der Waals surface area contributed by atoms with Gasteiger partial charge in [-0.3, -0.25) is 4.79 Å². The second kappa shape index (κ2) is 3.89. The minimum atomic E-state index is 0.00176. The highest BCUT2D eigenvalue weighted by molar-refractivity contribution is 9.10. The molecule has 2 aliphatic rings. The summed E-state index contributed by atoms with van der Waals surface area (Å²) in [5, 5.41) is 3.43. The number of likely N-dealkylation sites (tertiary alicyclic amines) is 1. The van der Waals surface area contributed by atoms with Crippen LogP contribution in [-0.4, -0.2) is 36.5 Å². The smallest absolute Gasteiger partial charge is 0.289 e. The molecule has 0 bridgehead atoms. The first kappa shape index (κ1) is 10.4. The third kappa shape index (κ3) is 1.68. The summed E-state index contributed by atoms with van der Waals surface area (Å²) in [7, 11) is 0. The average molecular weight is 285 g/mol. The van der Waals surface area contributed by atoms with Crippen molar-refractivity contribution in [3.63, 3.8) is 0 Å². The van der Waals surface area contributed by atoms with Crippen molar-refractivity contribution < 1.29 is 9.21 Å². The summed E-state index contributed by atoms with van der Waals surface area (Å²) >= 11 is 3.21. The zero-order chi connectivity index (χ0) is 11.1. The molecule has 2 fully saturated rings. The largest absolute Gasteiger partial charge is 0.444 e. The van der Waals surface area contributed by atoms with Crippen LogP contribution in [0.1, 0.15) is 17.0 Å². The first-order valence-corrected chi connectivity index (χ1v) is 6.31. The predicted octanol–water partition coefficient (Wildman–Crippen LogP) is 1.48. The number of carbonyl (C=O) groups excluding carboxylic acids is 1. The van der Waals surface area contributed by atoms with E-state index in [-0.39, 0.29) is 5.91 Å². The average Bonchev–Trinajstić information content (AvgIpc) is 2.89. The van der Waals surface area contributed by atoms with Gasteiger partial charge in [-0.1, -0.05) is 0 Å². The van der Waals surface area contributed by atoms with Crippen LogP contribution in [0.5, 0.6) is 0 Å². The number of hydrogen-bond donors (Lipinski definition) is 1. The van der Waals surface area contributed by atoms with Crippen LogP contribution in [0, 0.1) is 5.92 Å². The van der Waals surface area contributed by atoms with Crippen LogP contribution in [0.15, 0.2) is 21.2 Å². The molecule has 0 spiro atoms. The van der Waals surface area contributed by atoms with Crippen molar-refractivity contribution >= 4 is 21.8 Å². The molecule has 0 radical (unpaired) electrons. The molecule has 2 saturated heterocycles. The highest BCUT2D eigenvalue weighted by Crippen LogP contribution is 2.26. The van der Waals surface area contributed by atoms with Crippen molar-refractivity contribution in [3.05, 3.63) is 22.6 Å². The van der Waals surface area contributed by atoms with Crippen LogP contribution in [0.3, 0.4) is 0 Å². The van der Waals surface area contributed by atoms with Gasteiger partial charge in [0, 0.05) is 19.1 Å². The quantitative estimate of drug-likeness (QED) is 0.850. The number of rotatable bonds is 1. The predicted molar refractivity (Wildman–Crippen MR) is 62.2 cm³/mol. The Labute approximate surface area is 102 Å². The number of halogens is 1. The number of nitrogens with zero attached hydrogens (tertiary/aromatic N) is 1. The van der Waals surface area contributed by atoms with Gasteiger partial charge >= 0.3 is 0 Å². The molecule has 3 heterocycles. The second-order valence-electron chi connectivity index (χ2n) is 4.42. The van der Waals surface area contributed by atoms with Crippen LogP contribution < -0.4 is 5.32 Å². The van der Waals surface area contributed by atoms with E-state index in [1.807, 2.05) is 4.90 Å². The fourth-order valence-corrected chi connectivity index (χ4v) is 2.91. The molecular weight excluding hydrogens is 272 g/mol. The molecule has 1 N–H and O–H groups in total. The normalized spacial score (nSPS) is 28.4. The van der Waals surface area contributed by atoms with Gasteiger partial charge in [0.25, 0.3) is 5.91 Å². The van der Waals surface area contributed by atoms with E-state index in [9.17, 15) is 4.79 Å². The molecule has 1 amide bonds. The second-order valence-corrected chi connectivity index (χ2v) is 5.20. The molecule has 0 aliphatic carbocycles. The summed E-state index contributed by atoms with van der Waals surface area (Å²) in [4.78, 5) is 14.0. The topological polar surface area (TPSA) is 45.5 Å². The van der Waals surface area contributed by atoms with Gasteiger partial charge < -0.3 is 14.6 Å². The lowest BCUT2D eigenvalue weighted by molar-refractivity contribution is 0.0749. The van der Waals surface area contributed by atoms with Gasteiger partial charge in [0.05, 0.1) is 0 Å². The number of hydrogen-bond acceptors (Lipinski definition) is 3. The van der Waals surface area contributed by atoms with Crippen LogP contribution in [0.2, 0.25) is 0 Å². The Morgan fingerprint density at radius 3 is 3.06 bits per heavy atom. The Hall–Kier alpha value is -0.810. The summed E-state index contributed by atoms with van der Waals surface area (Å²) in [6, 6.07) is 3.96. The fraction of sp³-hybridized carbons (Fsp3) is 0.545. The van der Waals surface area contributed by atoms with Crippen molar-refractivity contribution in [2.45, 2.75) is 12.5 Å². The van der Waals surface area contributed by atoms with E-state index in [2.05, 4.69) is 21.2 Å². The first-order valence-electron chi connectivity index (χ1n) is 5.52. The van der Waals surface area contributed by atoms with Gasteiger partial charge in [-0.05, 0) is 46.9 Å². The van der Waals surface area contributed by atoms with Crippen molar-refractivity contribution in [3.8, 4) is 0 Å². The van der Waals surface area contributed by atoms with Crippen molar-refractivity contribution in [1.82, 2.24) is 10.2 Å². The summed E-state index contributed by atoms with van der Waals surface area (Å²) in [5.41, 5.74) is 0.